The summed E-state index contributed by atoms with van der Waals surface area (Å²) in [6.07, 6.45) is -0.950. The Balaban J connectivity index is 1.56. The maximum atomic E-state index is 12.7. The average Bonchev–Trinajstić information content (AvgIpc) is 3.21. The van der Waals surface area contributed by atoms with Crippen LogP contribution in [0.1, 0.15) is 18.4 Å². The molecule has 144 valence electrons. The topological polar surface area (TPSA) is 131 Å². The van der Waals surface area contributed by atoms with Gasteiger partial charge in [-0.05, 0) is 11.1 Å². The summed E-state index contributed by atoms with van der Waals surface area (Å²) in [5.41, 5.74) is 9.39. The van der Waals surface area contributed by atoms with E-state index in [4.69, 9.17) is 19.7 Å². The van der Waals surface area contributed by atoms with E-state index in [1.165, 1.54) is 4.90 Å². The lowest BCUT2D eigenvalue weighted by atomic mass is 10.0. The van der Waals surface area contributed by atoms with Crippen LogP contribution in [0.15, 0.2) is 46.8 Å². The number of carbonyl (C=O) groups excluding carboxylic acids is 3. The van der Waals surface area contributed by atoms with Gasteiger partial charge in [-0.3, -0.25) is 9.69 Å². The molecular formula is C18H16N4O6. The Kier molecular flexibility index (Phi) is 4.62. The van der Waals surface area contributed by atoms with Crippen molar-refractivity contribution < 1.29 is 28.6 Å². The zero-order valence-corrected chi connectivity index (χ0v) is 14.7. The molecule has 0 spiro atoms. The number of nitrogens with zero attached hydrogens (tertiary/aromatic N) is 4. The molecular weight excluding hydrogens is 368 g/mol. The first-order chi connectivity index (χ1) is 13.6. The molecule has 10 nitrogen and oxygen atoms in total. The van der Waals surface area contributed by atoms with E-state index >= 15 is 0 Å². The molecule has 0 aromatic heterocycles. The third kappa shape index (κ3) is 3.14. The number of amides is 1. The van der Waals surface area contributed by atoms with Crippen LogP contribution in [-0.2, 0) is 35.2 Å². The number of azide groups is 1. The molecule has 3 heterocycles. The van der Waals surface area contributed by atoms with Gasteiger partial charge in [0.1, 0.15) is 18.5 Å². The van der Waals surface area contributed by atoms with E-state index in [1.54, 1.807) is 0 Å². The predicted octanol–water partition coefficient (Wildman–Crippen LogP) is 1.57. The van der Waals surface area contributed by atoms with Crippen molar-refractivity contribution in [1.29, 1.82) is 0 Å². The molecule has 10 heteroatoms. The van der Waals surface area contributed by atoms with Crippen LogP contribution in [0.3, 0.4) is 0 Å². The number of hydrogen-bond acceptors (Lipinski definition) is 7. The molecule has 0 bridgehead atoms. The van der Waals surface area contributed by atoms with Crippen molar-refractivity contribution in [2.45, 2.75) is 37.8 Å². The van der Waals surface area contributed by atoms with Gasteiger partial charge in [0, 0.05) is 11.3 Å². The molecule has 4 rings (SSSR count). The van der Waals surface area contributed by atoms with Gasteiger partial charge in [0.2, 0.25) is 5.91 Å². The number of esters is 2. The lowest BCUT2D eigenvalue weighted by Crippen LogP contribution is -2.55. The Bertz CT molecular complexity index is 908. The smallest absolute Gasteiger partial charge is 0.337 e. The number of ether oxygens (including phenoxy) is 3. The fourth-order valence-corrected chi connectivity index (χ4v) is 3.42. The molecule has 3 aliphatic heterocycles. The van der Waals surface area contributed by atoms with Gasteiger partial charge in [0.05, 0.1) is 18.5 Å². The van der Waals surface area contributed by atoms with E-state index < -0.39 is 30.3 Å². The molecule has 3 saturated heterocycles. The van der Waals surface area contributed by atoms with Crippen LogP contribution >= 0.6 is 0 Å². The summed E-state index contributed by atoms with van der Waals surface area (Å²) in [5, 5.41) is 3.40. The molecule has 3 aliphatic rings. The predicted molar refractivity (Wildman–Crippen MR) is 91.9 cm³/mol. The molecule has 0 N–H and O–H groups in total. The molecule has 3 fully saturated rings. The molecule has 3 atom stereocenters. The lowest BCUT2D eigenvalue weighted by Gasteiger charge is -2.33. The number of cyclic esters (lactones) is 1. The van der Waals surface area contributed by atoms with Gasteiger partial charge in [-0.2, -0.15) is 0 Å². The molecule has 0 saturated carbocycles. The van der Waals surface area contributed by atoms with Crippen LogP contribution in [0.4, 0.5) is 0 Å². The summed E-state index contributed by atoms with van der Waals surface area (Å²) >= 11 is 0. The van der Waals surface area contributed by atoms with E-state index in [0.717, 1.165) is 5.56 Å². The highest BCUT2D eigenvalue weighted by molar-refractivity contribution is 5.96. The lowest BCUT2D eigenvalue weighted by molar-refractivity contribution is -0.166. The Labute approximate surface area is 159 Å². The molecule has 2 unspecified atom stereocenters. The normalized spacial score (nSPS) is 28.0. The Morgan fingerprint density at radius 2 is 2.04 bits per heavy atom. The minimum atomic E-state index is -1.12. The third-order valence-corrected chi connectivity index (χ3v) is 4.78. The van der Waals surface area contributed by atoms with E-state index in [1.807, 2.05) is 30.3 Å². The van der Waals surface area contributed by atoms with Gasteiger partial charge in [-0.15, -0.1) is 0 Å². The second kappa shape index (κ2) is 7.24. The second-order valence-corrected chi connectivity index (χ2v) is 6.56. The van der Waals surface area contributed by atoms with Gasteiger partial charge in [-0.1, -0.05) is 35.4 Å². The molecule has 1 aromatic rings. The van der Waals surface area contributed by atoms with Crippen molar-refractivity contribution >= 4 is 17.8 Å². The van der Waals surface area contributed by atoms with Crippen molar-refractivity contribution in [3.63, 3.8) is 0 Å². The third-order valence-electron chi connectivity index (χ3n) is 4.78. The summed E-state index contributed by atoms with van der Waals surface area (Å²) in [6.45, 7) is 0.0175. The highest BCUT2D eigenvalue weighted by Crippen LogP contribution is 2.40. The Hall–Kier alpha value is -3.52. The number of carbonyl (C=O) groups is 3. The van der Waals surface area contributed by atoms with Crippen LogP contribution < -0.4 is 0 Å². The minimum Gasteiger partial charge on any atom is -0.471 e. The van der Waals surface area contributed by atoms with Gasteiger partial charge < -0.3 is 14.2 Å². The molecule has 1 amide bonds. The van der Waals surface area contributed by atoms with Crippen molar-refractivity contribution in [2.75, 3.05) is 6.54 Å². The quantitative estimate of drug-likeness (QED) is 0.189. The number of rotatable bonds is 5. The van der Waals surface area contributed by atoms with Crippen LogP contribution in [0.25, 0.3) is 10.4 Å². The van der Waals surface area contributed by atoms with Crippen molar-refractivity contribution in [2.24, 2.45) is 5.11 Å². The van der Waals surface area contributed by atoms with E-state index in [2.05, 4.69) is 10.0 Å². The molecule has 1 aromatic carbocycles. The summed E-state index contributed by atoms with van der Waals surface area (Å²) in [4.78, 5) is 40.9. The monoisotopic (exact) mass is 384 g/mol. The van der Waals surface area contributed by atoms with E-state index in [-0.39, 0.29) is 43.2 Å². The number of hydrogen-bond donors (Lipinski definition) is 0. The summed E-state index contributed by atoms with van der Waals surface area (Å²) in [6, 6.07) is 8.00. The van der Waals surface area contributed by atoms with E-state index in [0.29, 0.717) is 0 Å². The maximum absolute atomic E-state index is 12.7. The van der Waals surface area contributed by atoms with Crippen molar-refractivity contribution in [1.82, 2.24) is 4.90 Å². The maximum Gasteiger partial charge on any atom is 0.337 e. The summed E-state index contributed by atoms with van der Waals surface area (Å²) < 4.78 is 16.2. The second-order valence-electron chi connectivity index (χ2n) is 6.56. The van der Waals surface area contributed by atoms with Crippen LogP contribution in [0.2, 0.25) is 0 Å². The highest BCUT2D eigenvalue weighted by atomic mass is 16.6. The summed E-state index contributed by atoms with van der Waals surface area (Å²) in [7, 11) is 0. The first kappa shape index (κ1) is 17.9. The zero-order valence-electron chi connectivity index (χ0n) is 14.7. The number of benzene rings is 1. The van der Waals surface area contributed by atoms with Gasteiger partial charge in [-0.25, -0.2) is 9.59 Å². The van der Waals surface area contributed by atoms with E-state index in [9.17, 15) is 14.4 Å². The molecule has 28 heavy (non-hydrogen) atoms. The number of β-lactam (4-membered cyclic amide) rings is 1. The SMILES string of the molecule is [N-]=[N+]=NCC1C/C(=C2\O[C@@H]3CC(=O)N3C2C(=O)OCc2ccccc2)C(=O)O1. The van der Waals surface area contributed by atoms with Crippen LogP contribution in [-0.4, -0.2) is 47.7 Å². The first-order valence-electron chi connectivity index (χ1n) is 8.71. The standard InChI is InChI=1S/C18H16N4O6/c19-21-20-8-11-6-12(17(24)27-11)16-15(22-13(23)7-14(22)28-16)18(25)26-9-10-4-2-1-3-5-10/h1-5,11,14-15H,6-9H2/b16-12+/t11?,14-,15?/m1/s1. The molecule has 0 aliphatic carbocycles. The van der Waals surface area contributed by atoms with Crippen LogP contribution in [0, 0.1) is 0 Å². The fraction of sp³-hybridized carbons (Fsp3) is 0.389. The molecule has 0 radical (unpaired) electrons. The largest absolute Gasteiger partial charge is 0.471 e. The minimum absolute atomic E-state index is 0.0196. The Morgan fingerprint density at radius 1 is 1.25 bits per heavy atom. The van der Waals surface area contributed by atoms with Crippen molar-refractivity contribution in [3.05, 3.63) is 57.7 Å². The van der Waals surface area contributed by atoms with Crippen LogP contribution in [0.5, 0.6) is 0 Å². The zero-order chi connectivity index (χ0) is 19.7. The average molecular weight is 384 g/mol. The number of fused-ring (bicyclic) bond motifs is 1. The van der Waals surface area contributed by atoms with Gasteiger partial charge in [0.15, 0.2) is 12.3 Å². The van der Waals surface area contributed by atoms with Gasteiger partial charge in [0.25, 0.3) is 0 Å². The highest BCUT2D eigenvalue weighted by Gasteiger charge is 2.56. The van der Waals surface area contributed by atoms with Crippen molar-refractivity contribution in [3.8, 4) is 0 Å². The summed E-state index contributed by atoms with van der Waals surface area (Å²) in [5.74, 6) is -1.49. The first-order valence-corrected chi connectivity index (χ1v) is 8.71. The Morgan fingerprint density at radius 3 is 2.75 bits per heavy atom. The van der Waals surface area contributed by atoms with Gasteiger partial charge >= 0.3 is 11.9 Å². The fourth-order valence-electron chi connectivity index (χ4n) is 3.42.